The fourth-order valence-corrected chi connectivity index (χ4v) is 3.00. The van der Waals surface area contributed by atoms with Crippen molar-refractivity contribution < 1.29 is 0 Å². The van der Waals surface area contributed by atoms with Crippen LogP contribution in [0.25, 0.3) is 17.2 Å². The number of benzene rings is 2. The molecule has 108 valence electrons. The summed E-state index contributed by atoms with van der Waals surface area (Å²) in [5, 5.41) is 3.63. The maximum absolute atomic E-state index is 3.63. The number of fused-ring (bicyclic) bond motifs is 1. The lowest BCUT2D eigenvalue weighted by Crippen LogP contribution is -2.26. The second-order valence-electron chi connectivity index (χ2n) is 6.97. The summed E-state index contributed by atoms with van der Waals surface area (Å²) in [7, 11) is 0. The summed E-state index contributed by atoms with van der Waals surface area (Å²) in [4.78, 5) is 0. The van der Waals surface area contributed by atoms with Crippen LogP contribution in [-0.4, -0.2) is 5.54 Å². The van der Waals surface area contributed by atoms with Crippen molar-refractivity contribution in [3.05, 3.63) is 59.2 Å². The van der Waals surface area contributed by atoms with Gasteiger partial charge in [-0.1, -0.05) is 48.0 Å². The fraction of sp³-hybridized carbons (Fsp3) is 0.300. The number of anilines is 1. The van der Waals surface area contributed by atoms with Crippen molar-refractivity contribution in [3.63, 3.8) is 0 Å². The number of hydrogen-bond acceptors (Lipinski definition) is 1. The van der Waals surface area contributed by atoms with Crippen LogP contribution in [0.15, 0.2) is 48.0 Å². The molecule has 0 saturated carbocycles. The molecule has 0 aromatic heterocycles. The van der Waals surface area contributed by atoms with Crippen LogP contribution in [0.4, 0.5) is 5.69 Å². The largest absolute Gasteiger partial charge is 0.380 e. The van der Waals surface area contributed by atoms with Gasteiger partial charge in [-0.3, -0.25) is 0 Å². The van der Waals surface area contributed by atoms with Crippen LogP contribution >= 0.6 is 0 Å². The molecule has 2 aromatic rings. The predicted octanol–water partition coefficient (Wildman–Crippen LogP) is 5.52. The van der Waals surface area contributed by atoms with Gasteiger partial charge in [-0.15, -0.1) is 0 Å². The Kier molecular flexibility index (Phi) is 3.36. The first-order valence-electron chi connectivity index (χ1n) is 7.61. The third-order valence-corrected chi connectivity index (χ3v) is 3.78. The summed E-state index contributed by atoms with van der Waals surface area (Å²) in [6.45, 7) is 8.80. The highest BCUT2D eigenvalue weighted by atomic mass is 15.0. The van der Waals surface area contributed by atoms with E-state index in [1.165, 1.54) is 33.5 Å². The number of allylic oxidation sites excluding steroid dienone is 1. The van der Waals surface area contributed by atoms with Crippen molar-refractivity contribution in [2.75, 3.05) is 5.32 Å². The van der Waals surface area contributed by atoms with E-state index in [2.05, 4.69) is 81.6 Å². The van der Waals surface area contributed by atoms with Gasteiger partial charge in [0.2, 0.25) is 0 Å². The second-order valence-corrected chi connectivity index (χ2v) is 6.97. The van der Waals surface area contributed by atoms with Gasteiger partial charge in [0.15, 0.2) is 0 Å². The smallest absolute Gasteiger partial charge is 0.0424 e. The van der Waals surface area contributed by atoms with E-state index in [-0.39, 0.29) is 5.54 Å². The zero-order valence-electron chi connectivity index (χ0n) is 13.3. The minimum Gasteiger partial charge on any atom is -0.380 e. The van der Waals surface area contributed by atoms with Gasteiger partial charge in [-0.2, -0.15) is 0 Å². The fourth-order valence-electron chi connectivity index (χ4n) is 3.00. The van der Waals surface area contributed by atoms with Crippen molar-refractivity contribution in [3.8, 4) is 11.1 Å². The molecular weight excluding hydrogens is 254 g/mol. The third-order valence-electron chi connectivity index (χ3n) is 3.78. The molecule has 21 heavy (non-hydrogen) atoms. The second kappa shape index (κ2) is 5.07. The van der Waals surface area contributed by atoms with Crippen molar-refractivity contribution >= 4 is 11.8 Å². The SMILES string of the molecule is CC1=Cc2c(cccc2-c2ccccc2NC(C)(C)C)C1. The number of para-hydroxylation sites is 1. The molecule has 0 heterocycles. The van der Waals surface area contributed by atoms with Crippen LogP contribution in [0.2, 0.25) is 0 Å². The molecule has 1 N–H and O–H groups in total. The highest BCUT2D eigenvalue weighted by Gasteiger charge is 2.17. The van der Waals surface area contributed by atoms with E-state index in [0.29, 0.717) is 0 Å². The molecule has 1 heteroatoms. The van der Waals surface area contributed by atoms with E-state index < -0.39 is 0 Å². The Bertz CT molecular complexity index is 702. The molecule has 0 radical (unpaired) electrons. The van der Waals surface area contributed by atoms with E-state index in [4.69, 9.17) is 0 Å². The zero-order valence-corrected chi connectivity index (χ0v) is 13.3. The van der Waals surface area contributed by atoms with E-state index in [9.17, 15) is 0 Å². The van der Waals surface area contributed by atoms with Gasteiger partial charge in [0.05, 0.1) is 0 Å². The Morgan fingerprint density at radius 1 is 0.905 bits per heavy atom. The van der Waals surface area contributed by atoms with Crippen LogP contribution in [0.3, 0.4) is 0 Å². The lowest BCUT2D eigenvalue weighted by molar-refractivity contribution is 0.634. The highest BCUT2D eigenvalue weighted by Crippen LogP contribution is 2.37. The molecule has 0 aliphatic heterocycles. The number of nitrogens with one attached hydrogen (secondary N) is 1. The molecule has 0 atom stereocenters. The van der Waals surface area contributed by atoms with Crippen LogP contribution in [0.5, 0.6) is 0 Å². The summed E-state index contributed by atoms with van der Waals surface area (Å²) in [5.74, 6) is 0. The van der Waals surface area contributed by atoms with Crippen LogP contribution in [0.1, 0.15) is 38.8 Å². The number of hydrogen-bond donors (Lipinski definition) is 1. The molecule has 0 unspecified atom stereocenters. The van der Waals surface area contributed by atoms with Gasteiger partial charge in [0, 0.05) is 16.8 Å². The Balaban J connectivity index is 2.13. The van der Waals surface area contributed by atoms with Gasteiger partial charge < -0.3 is 5.32 Å². The molecule has 1 aliphatic carbocycles. The lowest BCUT2D eigenvalue weighted by Gasteiger charge is -2.24. The summed E-state index contributed by atoms with van der Waals surface area (Å²) in [6, 6.07) is 15.3. The molecule has 0 spiro atoms. The van der Waals surface area contributed by atoms with Crippen LogP contribution in [0, 0.1) is 0 Å². The monoisotopic (exact) mass is 277 g/mol. The molecule has 0 fully saturated rings. The summed E-state index contributed by atoms with van der Waals surface area (Å²) in [6.07, 6.45) is 3.41. The topological polar surface area (TPSA) is 12.0 Å². The van der Waals surface area contributed by atoms with E-state index in [0.717, 1.165) is 6.42 Å². The van der Waals surface area contributed by atoms with Gasteiger partial charge in [0.1, 0.15) is 0 Å². The van der Waals surface area contributed by atoms with Crippen LogP contribution in [-0.2, 0) is 6.42 Å². The molecule has 1 aliphatic rings. The van der Waals surface area contributed by atoms with E-state index >= 15 is 0 Å². The van der Waals surface area contributed by atoms with Gasteiger partial charge in [-0.25, -0.2) is 0 Å². The quantitative estimate of drug-likeness (QED) is 0.761. The van der Waals surface area contributed by atoms with Crippen molar-refractivity contribution in [1.82, 2.24) is 0 Å². The van der Waals surface area contributed by atoms with Gasteiger partial charge in [0.25, 0.3) is 0 Å². The molecule has 1 nitrogen and oxygen atoms in total. The summed E-state index contributed by atoms with van der Waals surface area (Å²) in [5.41, 5.74) is 8.15. The average molecular weight is 277 g/mol. The molecule has 0 bridgehead atoms. The first kappa shape index (κ1) is 13.9. The summed E-state index contributed by atoms with van der Waals surface area (Å²) < 4.78 is 0. The van der Waals surface area contributed by atoms with Gasteiger partial charge in [-0.05, 0) is 56.9 Å². The average Bonchev–Trinajstić information content (AvgIpc) is 2.77. The maximum Gasteiger partial charge on any atom is 0.0424 e. The molecule has 2 aromatic carbocycles. The van der Waals surface area contributed by atoms with E-state index in [1.54, 1.807) is 0 Å². The lowest BCUT2D eigenvalue weighted by atomic mass is 9.95. The first-order chi connectivity index (χ1) is 9.94. The Labute approximate surface area is 127 Å². The predicted molar refractivity (Wildman–Crippen MR) is 92.6 cm³/mol. The van der Waals surface area contributed by atoms with Crippen molar-refractivity contribution in [1.29, 1.82) is 0 Å². The Morgan fingerprint density at radius 3 is 2.38 bits per heavy atom. The standard InChI is InChI=1S/C20H23N/c1-14-12-15-8-7-10-16(18(15)13-14)17-9-5-6-11-19(17)21-20(2,3)4/h5-11,13,21H,12H2,1-4H3. The van der Waals surface area contributed by atoms with E-state index in [1.807, 2.05) is 0 Å². The van der Waals surface area contributed by atoms with Crippen molar-refractivity contribution in [2.24, 2.45) is 0 Å². The third kappa shape index (κ3) is 2.87. The van der Waals surface area contributed by atoms with Crippen LogP contribution < -0.4 is 5.32 Å². The Morgan fingerprint density at radius 2 is 1.62 bits per heavy atom. The Hall–Kier alpha value is -2.02. The molecule has 0 saturated heterocycles. The molecule has 0 amide bonds. The molecular formula is C20H23N. The maximum atomic E-state index is 3.63. The zero-order chi connectivity index (χ0) is 15.0. The van der Waals surface area contributed by atoms with Crippen molar-refractivity contribution in [2.45, 2.75) is 39.7 Å². The summed E-state index contributed by atoms with van der Waals surface area (Å²) >= 11 is 0. The molecule has 3 rings (SSSR count). The number of rotatable bonds is 2. The normalized spacial score (nSPS) is 13.8. The minimum absolute atomic E-state index is 0.0554. The van der Waals surface area contributed by atoms with Gasteiger partial charge >= 0.3 is 0 Å². The first-order valence-corrected chi connectivity index (χ1v) is 7.61. The highest BCUT2D eigenvalue weighted by molar-refractivity contribution is 5.87. The minimum atomic E-state index is 0.0554.